The predicted molar refractivity (Wildman–Crippen MR) is 120 cm³/mol. The maximum atomic E-state index is 13.1. The number of ether oxygens (including phenoxy) is 1. The molecule has 0 N–H and O–H groups in total. The number of hydrogen-bond acceptors (Lipinski definition) is 5. The molecular weight excluding hydrogens is 396 g/mol. The second kappa shape index (κ2) is 9.13. The molecule has 2 aromatic carbocycles. The quantitative estimate of drug-likeness (QED) is 0.675. The Balaban J connectivity index is 1.65. The van der Waals surface area contributed by atoms with Crippen LogP contribution < -0.4 is 0 Å². The van der Waals surface area contributed by atoms with Gasteiger partial charge in [-0.2, -0.15) is 0 Å². The summed E-state index contributed by atoms with van der Waals surface area (Å²) in [5.41, 5.74) is 2.89. The number of nitrogens with zero attached hydrogens (tertiary/aromatic N) is 2. The number of aliphatic imine (C=N–C) groups is 1. The van der Waals surface area contributed by atoms with Crippen LogP contribution in [0.4, 0.5) is 0 Å². The fourth-order valence-corrected chi connectivity index (χ4v) is 4.47. The lowest BCUT2D eigenvalue weighted by Gasteiger charge is -2.37. The van der Waals surface area contributed by atoms with Gasteiger partial charge in [0.05, 0.1) is 17.3 Å². The lowest BCUT2D eigenvalue weighted by molar-refractivity contribution is -0.141. The molecule has 2 aliphatic heterocycles. The van der Waals surface area contributed by atoms with Crippen LogP contribution in [-0.4, -0.2) is 33.7 Å². The van der Waals surface area contributed by atoms with Crippen molar-refractivity contribution in [2.45, 2.75) is 26.0 Å². The normalized spacial score (nSPS) is 19.0. The van der Waals surface area contributed by atoms with E-state index >= 15 is 0 Å². The van der Waals surface area contributed by atoms with Crippen LogP contribution in [0.25, 0.3) is 6.08 Å². The fraction of sp³-hybridized carbons (Fsp3) is 0.208. The van der Waals surface area contributed by atoms with Crippen LogP contribution in [0.15, 0.2) is 83.0 Å². The van der Waals surface area contributed by atoms with Crippen molar-refractivity contribution >= 4 is 34.9 Å². The largest absolute Gasteiger partial charge is 0.457 e. The molecule has 6 heteroatoms. The number of benzene rings is 2. The van der Waals surface area contributed by atoms with E-state index in [-0.39, 0.29) is 12.5 Å². The van der Waals surface area contributed by atoms with E-state index in [1.54, 1.807) is 11.8 Å². The van der Waals surface area contributed by atoms with Crippen molar-refractivity contribution in [3.05, 3.63) is 89.1 Å². The third-order valence-corrected chi connectivity index (χ3v) is 5.91. The molecule has 0 aromatic heterocycles. The Morgan fingerprint density at radius 1 is 1.17 bits per heavy atom. The molecule has 0 saturated carbocycles. The van der Waals surface area contributed by atoms with Crippen LogP contribution in [0.1, 0.15) is 24.5 Å². The maximum Gasteiger partial charge on any atom is 0.338 e. The standard InChI is InChI=1S/C24H22N2O3S/c1-17-22(23(28)29-16-19-10-6-3-7-11-19)20(13-12-18-8-4-2-5-9-18)26-21(27)14-15-30-24(26)25-17/h2-13,20H,14-16H2,1H3/b13-12+/t20-/m0/s1. The van der Waals surface area contributed by atoms with Gasteiger partial charge in [-0.05, 0) is 18.1 Å². The van der Waals surface area contributed by atoms with Gasteiger partial charge in [0.25, 0.3) is 0 Å². The van der Waals surface area contributed by atoms with E-state index in [4.69, 9.17) is 4.74 Å². The summed E-state index contributed by atoms with van der Waals surface area (Å²) in [5, 5.41) is 0.645. The van der Waals surface area contributed by atoms with Gasteiger partial charge in [-0.15, -0.1) is 0 Å². The lowest BCUT2D eigenvalue weighted by Crippen LogP contribution is -2.49. The molecule has 152 valence electrons. The highest BCUT2D eigenvalue weighted by atomic mass is 32.2. The summed E-state index contributed by atoms with van der Waals surface area (Å²) < 4.78 is 5.59. The highest BCUT2D eigenvalue weighted by Crippen LogP contribution is 2.32. The highest BCUT2D eigenvalue weighted by molar-refractivity contribution is 8.14. The molecule has 0 spiro atoms. The summed E-state index contributed by atoms with van der Waals surface area (Å²) >= 11 is 1.54. The molecule has 0 unspecified atom stereocenters. The second-order valence-corrected chi connectivity index (χ2v) is 8.09. The summed E-state index contributed by atoms with van der Waals surface area (Å²) in [4.78, 5) is 32.0. The Morgan fingerprint density at radius 2 is 1.87 bits per heavy atom. The van der Waals surface area contributed by atoms with Crippen molar-refractivity contribution in [3.63, 3.8) is 0 Å². The molecule has 1 saturated heterocycles. The van der Waals surface area contributed by atoms with Crippen LogP contribution in [-0.2, 0) is 20.9 Å². The molecule has 1 atom stereocenters. The van der Waals surface area contributed by atoms with Gasteiger partial charge in [0.1, 0.15) is 6.61 Å². The third-order valence-electron chi connectivity index (χ3n) is 4.95. The molecule has 0 aliphatic carbocycles. The first-order valence-electron chi connectivity index (χ1n) is 9.82. The van der Waals surface area contributed by atoms with Gasteiger partial charge in [0, 0.05) is 12.2 Å². The maximum absolute atomic E-state index is 13.1. The number of hydrogen-bond donors (Lipinski definition) is 0. The monoisotopic (exact) mass is 418 g/mol. The van der Waals surface area contributed by atoms with Crippen molar-refractivity contribution in [3.8, 4) is 0 Å². The summed E-state index contributed by atoms with van der Waals surface area (Å²) in [7, 11) is 0. The first-order chi connectivity index (χ1) is 14.6. The van der Waals surface area contributed by atoms with E-state index in [1.807, 2.05) is 72.8 Å². The van der Waals surface area contributed by atoms with Gasteiger partial charge in [0.15, 0.2) is 5.17 Å². The molecule has 2 aromatic rings. The van der Waals surface area contributed by atoms with E-state index in [2.05, 4.69) is 4.99 Å². The number of amidine groups is 1. The summed E-state index contributed by atoms with van der Waals surface area (Å²) in [5.74, 6) is 0.214. The molecule has 1 fully saturated rings. The predicted octanol–water partition coefficient (Wildman–Crippen LogP) is 4.42. The minimum Gasteiger partial charge on any atom is -0.457 e. The molecule has 2 aliphatic rings. The van der Waals surface area contributed by atoms with Gasteiger partial charge in [-0.3, -0.25) is 9.69 Å². The van der Waals surface area contributed by atoms with Gasteiger partial charge >= 0.3 is 5.97 Å². The topological polar surface area (TPSA) is 59.0 Å². The number of allylic oxidation sites excluding steroid dienone is 1. The minimum atomic E-state index is -0.540. The SMILES string of the molecule is CC1=C(C(=O)OCc2ccccc2)[C@H](/C=C/c2ccccc2)N2C(=O)CCSC2=N1. The molecule has 1 amide bonds. The van der Waals surface area contributed by atoms with Gasteiger partial charge < -0.3 is 4.74 Å². The van der Waals surface area contributed by atoms with Crippen molar-refractivity contribution in [2.24, 2.45) is 4.99 Å². The summed E-state index contributed by atoms with van der Waals surface area (Å²) in [6.45, 7) is 1.97. The zero-order valence-electron chi connectivity index (χ0n) is 16.7. The number of amides is 1. The average Bonchev–Trinajstić information content (AvgIpc) is 2.77. The third kappa shape index (κ3) is 4.39. The molecule has 4 rings (SSSR count). The number of thioether (sulfide) groups is 1. The number of esters is 1. The Labute approximate surface area is 180 Å². The van der Waals surface area contributed by atoms with Crippen LogP contribution in [0, 0.1) is 0 Å². The van der Waals surface area contributed by atoms with E-state index in [0.717, 1.165) is 11.1 Å². The Kier molecular flexibility index (Phi) is 6.14. The molecule has 30 heavy (non-hydrogen) atoms. The zero-order chi connectivity index (χ0) is 20.9. The summed E-state index contributed by atoms with van der Waals surface area (Å²) in [6, 6.07) is 18.8. The van der Waals surface area contributed by atoms with Gasteiger partial charge in [0.2, 0.25) is 5.91 Å². The van der Waals surface area contributed by atoms with E-state index in [0.29, 0.717) is 28.6 Å². The van der Waals surface area contributed by atoms with Crippen LogP contribution in [0.3, 0.4) is 0 Å². The average molecular weight is 419 g/mol. The Hall–Kier alpha value is -3.12. The van der Waals surface area contributed by atoms with E-state index in [9.17, 15) is 9.59 Å². The molecular formula is C24H22N2O3S. The molecule has 5 nitrogen and oxygen atoms in total. The molecule has 0 bridgehead atoms. The van der Waals surface area contributed by atoms with Gasteiger partial charge in [-0.1, -0.05) is 84.6 Å². The van der Waals surface area contributed by atoms with E-state index in [1.165, 1.54) is 11.8 Å². The fourth-order valence-electron chi connectivity index (χ4n) is 3.45. The first-order valence-corrected chi connectivity index (χ1v) is 10.8. The smallest absolute Gasteiger partial charge is 0.338 e. The number of rotatable bonds is 5. The zero-order valence-corrected chi connectivity index (χ0v) is 17.5. The summed E-state index contributed by atoms with van der Waals surface area (Å²) in [6.07, 6.45) is 4.24. The highest BCUT2D eigenvalue weighted by Gasteiger charge is 2.39. The van der Waals surface area contributed by atoms with Crippen LogP contribution in [0.5, 0.6) is 0 Å². The van der Waals surface area contributed by atoms with Crippen molar-refractivity contribution in [1.82, 2.24) is 4.90 Å². The van der Waals surface area contributed by atoms with Gasteiger partial charge in [-0.25, -0.2) is 9.79 Å². The molecule has 0 radical (unpaired) electrons. The number of carbonyl (C=O) groups is 2. The Bertz CT molecular complexity index is 1030. The van der Waals surface area contributed by atoms with Crippen molar-refractivity contribution in [1.29, 1.82) is 0 Å². The Morgan fingerprint density at radius 3 is 2.60 bits per heavy atom. The lowest BCUT2D eigenvalue weighted by atomic mass is 10.00. The van der Waals surface area contributed by atoms with E-state index < -0.39 is 12.0 Å². The first kappa shape index (κ1) is 20.2. The van der Waals surface area contributed by atoms with Crippen LogP contribution >= 0.6 is 11.8 Å². The number of carbonyl (C=O) groups excluding carboxylic acids is 2. The van der Waals surface area contributed by atoms with Crippen molar-refractivity contribution in [2.75, 3.05) is 5.75 Å². The number of fused-ring (bicyclic) bond motifs is 1. The minimum absolute atomic E-state index is 0.0314. The second-order valence-electron chi connectivity index (χ2n) is 7.03. The molecule has 2 heterocycles. The van der Waals surface area contributed by atoms with Crippen LogP contribution in [0.2, 0.25) is 0 Å². The van der Waals surface area contributed by atoms with Crippen molar-refractivity contribution < 1.29 is 14.3 Å².